The first-order valence-corrected chi connectivity index (χ1v) is 10.1. The van der Waals surface area contributed by atoms with Crippen molar-refractivity contribution < 1.29 is 4.92 Å². The highest BCUT2D eigenvalue weighted by Crippen LogP contribution is 2.32. The lowest BCUT2D eigenvalue weighted by Gasteiger charge is -2.35. The molecule has 9 heteroatoms. The molecule has 1 saturated heterocycles. The fraction of sp³-hybridized carbons (Fsp3) is 0.421. The van der Waals surface area contributed by atoms with Gasteiger partial charge in [-0.05, 0) is 13.0 Å². The van der Waals surface area contributed by atoms with Crippen LogP contribution in [0.3, 0.4) is 0 Å². The second kappa shape index (κ2) is 7.31. The molecule has 28 heavy (non-hydrogen) atoms. The Morgan fingerprint density at radius 3 is 2.46 bits per heavy atom. The van der Waals surface area contributed by atoms with E-state index in [4.69, 9.17) is 4.98 Å². The number of fused-ring (bicyclic) bond motifs is 1. The van der Waals surface area contributed by atoms with E-state index in [1.54, 1.807) is 12.1 Å². The molecular weight excluding hydrogens is 376 g/mol. The Hall–Kier alpha value is -2.81. The summed E-state index contributed by atoms with van der Waals surface area (Å²) in [5.41, 5.74) is 1.90. The molecule has 3 heterocycles. The van der Waals surface area contributed by atoms with Crippen LogP contribution in [0.25, 0.3) is 10.2 Å². The molecule has 1 aliphatic heterocycles. The van der Waals surface area contributed by atoms with Gasteiger partial charge in [-0.2, -0.15) is 0 Å². The van der Waals surface area contributed by atoms with Crippen LogP contribution in [0.1, 0.15) is 31.3 Å². The molecule has 4 rings (SSSR count). The van der Waals surface area contributed by atoms with E-state index in [0.717, 1.165) is 58.9 Å². The van der Waals surface area contributed by atoms with Crippen molar-refractivity contribution in [3.8, 4) is 0 Å². The van der Waals surface area contributed by atoms with E-state index in [1.165, 1.54) is 17.4 Å². The zero-order chi connectivity index (χ0) is 19.8. The van der Waals surface area contributed by atoms with Crippen molar-refractivity contribution in [1.82, 2.24) is 15.0 Å². The van der Waals surface area contributed by atoms with Crippen LogP contribution in [0.5, 0.6) is 0 Å². The Balaban J connectivity index is 1.50. The maximum Gasteiger partial charge on any atom is 0.270 e. The van der Waals surface area contributed by atoms with Crippen LogP contribution in [0.2, 0.25) is 0 Å². The molecule has 0 saturated carbocycles. The first kappa shape index (κ1) is 18.5. The van der Waals surface area contributed by atoms with E-state index >= 15 is 0 Å². The van der Waals surface area contributed by atoms with E-state index in [-0.39, 0.29) is 10.6 Å². The first-order chi connectivity index (χ1) is 13.4. The second-order valence-electron chi connectivity index (χ2n) is 7.26. The topological polar surface area (TPSA) is 88.3 Å². The van der Waals surface area contributed by atoms with E-state index in [9.17, 15) is 10.1 Å². The van der Waals surface area contributed by atoms with Crippen LogP contribution in [0.15, 0.2) is 24.3 Å². The zero-order valence-electron chi connectivity index (χ0n) is 16.1. The molecule has 0 unspecified atom stereocenters. The summed E-state index contributed by atoms with van der Waals surface area (Å²) in [6.07, 6.45) is 0. The van der Waals surface area contributed by atoms with Gasteiger partial charge >= 0.3 is 0 Å². The zero-order valence-corrected chi connectivity index (χ0v) is 16.9. The molecule has 1 aromatic carbocycles. The van der Waals surface area contributed by atoms with Gasteiger partial charge in [0.1, 0.15) is 11.6 Å². The quantitative estimate of drug-likeness (QED) is 0.488. The predicted molar refractivity (Wildman–Crippen MR) is 112 cm³/mol. The van der Waals surface area contributed by atoms with Crippen LogP contribution in [0.4, 0.5) is 16.6 Å². The Bertz CT molecular complexity index is 1030. The molecule has 0 N–H and O–H groups in total. The number of hydrogen-bond donors (Lipinski definition) is 0. The maximum absolute atomic E-state index is 11.0. The highest BCUT2D eigenvalue weighted by Gasteiger charge is 2.22. The minimum Gasteiger partial charge on any atom is -0.353 e. The molecule has 1 aliphatic rings. The summed E-state index contributed by atoms with van der Waals surface area (Å²) in [5, 5.41) is 11.9. The molecule has 2 aromatic heterocycles. The highest BCUT2D eigenvalue weighted by molar-refractivity contribution is 7.22. The number of hydrogen-bond acceptors (Lipinski definition) is 8. The third-order valence-electron chi connectivity index (χ3n) is 4.82. The number of piperazine rings is 1. The molecule has 8 nitrogen and oxygen atoms in total. The predicted octanol–water partition coefficient (Wildman–Crippen LogP) is 3.75. The molecule has 0 bridgehead atoms. The third-order valence-corrected chi connectivity index (χ3v) is 5.90. The summed E-state index contributed by atoms with van der Waals surface area (Å²) in [6.45, 7) is 9.59. The van der Waals surface area contributed by atoms with E-state index in [1.807, 2.05) is 13.0 Å². The minimum absolute atomic E-state index is 0.104. The Labute approximate surface area is 167 Å². The lowest BCUT2D eigenvalue weighted by molar-refractivity contribution is -0.384. The van der Waals surface area contributed by atoms with Gasteiger partial charge in [0.25, 0.3) is 5.69 Å². The summed E-state index contributed by atoms with van der Waals surface area (Å²) in [5.74, 6) is 2.16. The average molecular weight is 398 g/mol. The first-order valence-electron chi connectivity index (χ1n) is 9.31. The smallest absolute Gasteiger partial charge is 0.270 e. The molecule has 0 radical (unpaired) electrons. The normalized spacial score (nSPS) is 14.9. The molecule has 0 amide bonds. The second-order valence-corrected chi connectivity index (χ2v) is 8.27. The van der Waals surface area contributed by atoms with Crippen LogP contribution < -0.4 is 9.80 Å². The number of nitro groups is 1. The molecule has 0 spiro atoms. The third kappa shape index (κ3) is 3.62. The fourth-order valence-electron chi connectivity index (χ4n) is 3.27. The van der Waals surface area contributed by atoms with E-state index in [0.29, 0.717) is 5.92 Å². The number of anilines is 2. The van der Waals surface area contributed by atoms with Crippen LogP contribution in [-0.2, 0) is 0 Å². The van der Waals surface area contributed by atoms with Gasteiger partial charge in [-0.25, -0.2) is 15.0 Å². The number of thiazole rings is 1. The monoisotopic (exact) mass is 398 g/mol. The number of aryl methyl sites for hydroxylation is 1. The van der Waals surface area contributed by atoms with Gasteiger partial charge in [0, 0.05) is 56.0 Å². The van der Waals surface area contributed by atoms with Crippen molar-refractivity contribution in [2.45, 2.75) is 26.7 Å². The highest BCUT2D eigenvalue weighted by atomic mass is 32.1. The number of aromatic nitrogens is 3. The summed E-state index contributed by atoms with van der Waals surface area (Å²) in [6, 6.07) is 6.87. The molecule has 3 aromatic rings. The van der Waals surface area contributed by atoms with Crippen molar-refractivity contribution in [2.24, 2.45) is 0 Å². The molecule has 0 atom stereocenters. The van der Waals surface area contributed by atoms with Gasteiger partial charge < -0.3 is 9.80 Å². The lowest BCUT2D eigenvalue weighted by Crippen LogP contribution is -2.47. The number of nitro benzene ring substituents is 1. The Morgan fingerprint density at radius 1 is 1.07 bits per heavy atom. The number of rotatable bonds is 4. The van der Waals surface area contributed by atoms with Crippen molar-refractivity contribution >= 4 is 38.2 Å². The minimum atomic E-state index is -0.368. The van der Waals surface area contributed by atoms with Crippen LogP contribution in [0, 0.1) is 17.0 Å². The van der Waals surface area contributed by atoms with Crippen molar-refractivity contribution in [2.75, 3.05) is 36.0 Å². The summed E-state index contributed by atoms with van der Waals surface area (Å²) in [7, 11) is 0. The van der Waals surface area contributed by atoms with Crippen LogP contribution >= 0.6 is 11.3 Å². The number of non-ortho nitro benzene ring substituents is 1. The summed E-state index contributed by atoms with van der Waals surface area (Å²) < 4.78 is 0.847. The average Bonchev–Trinajstić information content (AvgIpc) is 3.11. The van der Waals surface area contributed by atoms with Gasteiger partial charge in [-0.1, -0.05) is 25.2 Å². The van der Waals surface area contributed by atoms with Crippen molar-refractivity contribution in [3.63, 3.8) is 0 Å². The van der Waals surface area contributed by atoms with Gasteiger partial charge in [0.15, 0.2) is 5.13 Å². The number of benzene rings is 1. The van der Waals surface area contributed by atoms with Gasteiger partial charge in [0.2, 0.25) is 0 Å². The SMILES string of the molecule is Cc1cc(N2CCN(c3nc4ccc([N+](=O)[O-])cc4s3)CC2)nc(C(C)C)n1. The maximum atomic E-state index is 11.0. The summed E-state index contributed by atoms with van der Waals surface area (Å²) in [4.78, 5) is 29.1. The van der Waals surface area contributed by atoms with Crippen molar-refractivity contribution in [3.05, 3.63) is 45.9 Å². The van der Waals surface area contributed by atoms with E-state index < -0.39 is 0 Å². The standard InChI is InChI=1S/C19H22N6O2S/c1-12(2)18-20-13(3)10-17(22-18)23-6-8-24(9-7-23)19-21-15-5-4-14(25(26)27)11-16(15)28-19/h4-5,10-12H,6-9H2,1-3H3. The Morgan fingerprint density at radius 2 is 1.79 bits per heavy atom. The van der Waals surface area contributed by atoms with Gasteiger partial charge in [-0.15, -0.1) is 0 Å². The van der Waals surface area contributed by atoms with Crippen LogP contribution in [-0.4, -0.2) is 46.1 Å². The largest absolute Gasteiger partial charge is 0.353 e. The molecule has 1 fully saturated rings. The molecular formula is C19H22N6O2S. The lowest BCUT2D eigenvalue weighted by atomic mass is 10.2. The van der Waals surface area contributed by atoms with Crippen molar-refractivity contribution in [1.29, 1.82) is 0 Å². The molecule has 146 valence electrons. The Kier molecular flexibility index (Phi) is 4.84. The van der Waals surface area contributed by atoms with Gasteiger partial charge in [-0.3, -0.25) is 10.1 Å². The fourth-order valence-corrected chi connectivity index (χ4v) is 4.32. The molecule has 0 aliphatic carbocycles. The van der Waals surface area contributed by atoms with E-state index in [2.05, 4.69) is 33.6 Å². The van der Waals surface area contributed by atoms with Gasteiger partial charge in [0.05, 0.1) is 15.1 Å². The number of nitrogens with zero attached hydrogens (tertiary/aromatic N) is 6. The summed E-state index contributed by atoms with van der Waals surface area (Å²) >= 11 is 1.51.